The van der Waals surface area contributed by atoms with E-state index < -0.39 is 0 Å². The van der Waals surface area contributed by atoms with Crippen molar-refractivity contribution in [1.29, 1.82) is 0 Å². The van der Waals surface area contributed by atoms with Gasteiger partial charge in [-0.05, 0) is 59.8 Å². The smallest absolute Gasteiger partial charge is 0.161 e. The summed E-state index contributed by atoms with van der Waals surface area (Å²) >= 11 is 5.94. The van der Waals surface area contributed by atoms with Crippen LogP contribution in [0.4, 0.5) is 0 Å². The molecule has 1 aromatic heterocycles. The Morgan fingerprint density at radius 1 is 1.43 bits per heavy atom. The normalized spacial score (nSPS) is 12.4. The zero-order chi connectivity index (χ0) is 15.4. The molecule has 21 heavy (non-hydrogen) atoms. The van der Waals surface area contributed by atoms with E-state index in [4.69, 9.17) is 4.74 Å². The second-order valence-corrected chi connectivity index (χ2v) is 6.65. The van der Waals surface area contributed by atoms with Gasteiger partial charge in [0, 0.05) is 14.6 Å². The molecule has 0 saturated heterocycles. The molecule has 0 aliphatic rings. The first-order valence-electron chi connectivity index (χ1n) is 6.90. The van der Waals surface area contributed by atoms with E-state index in [1.165, 1.54) is 9.13 Å². The number of methoxy groups -OCH3 is 1. The zero-order valence-corrected chi connectivity index (χ0v) is 16.1. The van der Waals surface area contributed by atoms with Crippen LogP contribution in [0.25, 0.3) is 0 Å². The van der Waals surface area contributed by atoms with Gasteiger partial charge in [-0.1, -0.05) is 22.9 Å². The monoisotopic (exact) mass is 463 g/mol. The maximum absolute atomic E-state index is 5.51. The van der Waals surface area contributed by atoms with Crippen molar-refractivity contribution in [2.75, 3.05) is 13.7 Å². The maximum Gasteiger partial charge on any atom is 0.161 e. The molecule has 0 amide bonds. The zero-order valence-electron chi connectivity index (χ0n) is 12.4. The third-order valence-electron chi connectivity index (χ3n) is 3.32. The number of hydrogen-bond acceptors (Lipinski definition) is 3. The molecule has 114 valence electrons. The molecule has 0 spiro atoms. The Morgan fingerprint density at radius 3 is 2.81 bits per heavy atom. The lowest BCUT2D eigenvalue weighted by Crippen LogP contribution is -2.26. The number of nitrogens with zero attached hydrogens (tertiary/aromatic N) is 2. The van der Waals surface area contributed by atoms with Crippen LogP contribution in [0.1, 0.15) is 31.1 Å². The number of rotatable bonds is 6. The predicted octanol–water partition coefficient (Wildman–Crippen LogP) is 3.98. The van der Waals surface area contributed by atoms with Crippen molar-refractivity contribution in [1.82, 2.24) is 15.1 Å². The summed E-state index contributed by atoms with van der Waals surface area (Å²) in [6, 6.07) is 6.38. The highest BCUT2D eigenvalue weighted by atomic mass is 127. The number of halogens is 2. The summed E-state index contributed by atoms with van der Waals surface area (Å²) < 4.78 is 9.79. The standard InChI is InChI=1S/C15H19BrIN3O/c1-4-18-14(11-8-10(16)6-7-12(11)17)15-13(21-3)9-19-20(15)5-2/h6-9,14,18H,4-5H2,1-3H3. The highest BCUT2D eigenvalue weighted by Gasteiger charge is 2.24. The molecular formula is C15H19BrIN3O. The molecule has 0 aliphatic heterocycles. The fourth-order valence-corrected chi connectivity index (χ4v) is 3.40. The number of hydrogen-bond donors (Lipinski definition) is 1. The summed E-state index contributed by atoms with van der Waals surface area (Å²) in [5.41, 5.74) is 2.29. The van der Waals surface area contributed by atoms with Crippen molar-refractivity contribution in [3.8, 4) is 5.75 Å². The summed E-state index contributed by atoms with van der Waals surface area (Å²) in [7, 11) is 1.69. The summed E-state index contributed by atoms with van der Waals surface area (Å²) in [5, 5.41) is 7.98. The van der Waals surface area contributed by atoms with E-state index in [0.717, 1.165) is 29.0 Å². The molecule has 1 atom stereocenters. The van der Waals surface area contributed by atoms with Crippen LogP contribution in [-0.4, -0.2) is 23.4 Å². The Labute approximate surface area is 147 Å². The highest BCUT2D eigenvalue weighted by Crippen LogP contribution is 2.33. The number of ether oxygens (including phenoxy) is 1. The molecular weight excluding hydrogens is 445 g/mol. The van der Waals surface area contributed by atoms with Crippen molar-refractivity contribution in [2.45, 2.75) is 26.4 Å². The van der Waals surface area contributed by atoms with Gasteiger partial charge in [0.2, 0.25) is 0 Å². The second-order valence-electron chi connectivity index (χ2n) is 4.57. The Hall–Kier alpha value is -0.600. The molecule has 2 aromatic rings. The van der Waals surface area contributed by atoms with Crippen LogP contribution in [0.15, 0.2) is 28.9 Å². The van der Waals surface area contributed by atoms with Gasteiger partial charge in [0.05, 0.1) is 19.3 Å². The van der Waals surface area contributed by atoms with Gasteiger partial charge in [-0.15, -0.1) is 0 Å². The lowest BCUT2D eigenvalue weighted by molar-refractivity contribution is 0.399. The quantitative estimate of drug-likeness (QED) is 0.658. The Bertz CT molecular complexity index is 593. The van der Waals surface area contributed by atoms with E-state index in [-0.39, 0.29) is 6.04 Å². The van der Waals surface area contributed by atoms with Gasteiger partial charge in [-0.2, -0.15) is 5.10 Å². The molecule has 0 saturated carbocycles. The molecule has 1 unspecified atom stereocenters. The lowest BCUT2D eigenvalue weighted by Gasteiger charge is -2.22. The predicted molar refractivity (Wildman–Crippen MR) is 96.8 cm³/mol. The van der Waals surface area contributed by atoms with Gasteiger partial charge in [-0.3, -0.25) is 4.68 Å². The molecule has 0 aliphatic carbocycles. The van der Waals surface area contributed by atoms with E-state index in [1.54, 1.807) is 13.3 Å². The van der Waals surface area contributed by atoms with E-state index in [0.29, 0.717) is 0 Å². The summed E-state index contributed by atoms with van der Waals surface area (Å²) in [6.07, 6.45) is 1.79. The fraction of sp³-hybridized carbons (Fsp3) is 0.400. The largest absolute Gasteiger partial charge is 0.493 e. The topological polar surface area (TPSA) is 39.1 Å². The van der Waals surface area contributed by atoms with E-state index in [1.807, 2.05) is 4.68 Å². The summed E-state index contributed by atoms with van der Waals surface area (Å²) in [4.78, 5) is 0. The van der Waals surface area contributed by atoms with Gasteiger partial charge >= 0.3 is 0 Å². The van der Waals surface area contributed by atoms with Gasteiger partial charge in [0.1, 0.15) is 5.69 Å². The van der Waals surface area contributed by atoms with Gasteiger partial charge in [0.25, 0.3) is 0 Å². The molecule has 4 nitrogen and oxygen atoms in total. The van der Waals surface area contributed by atoms with Crippen molar-refractivity contribution < 1.29 is 4.74 Å². The first-order valence-corrected chi connectivity index (χ1v) is 8.77. The second kappa shape index (κ2) is 7.60. The van der Waals surface area contributed by atoms with Gasteiger partial charge in [-0.25, -0.2) is 0 Å². The molecule has 1 heterocycles. The lowest BCUT2D eigenvalue weighted by atomic mass is 10.0. The van der Waals surface area contributed by atoms with Gasteiger partial charge in [0.15, 0.2) is 5.75 Å². The molecule has 1 N–H and O–H groups in total. The minimum absolute atomic E-state index is 0.0526. The van der Waals surface area contributed by atoms with E-state index in [9.17, 15) is 0 Å². The number of aryl methyl sites for hydroxylation is 1. The third kappa shape index (κ3) is 3.60. The Morgan fingerprint density at radius 2 is 2.19 bits per heavy atom. The van der Waals surface area contributed by atoms with Crippen molar-refractivity contribution in [3.05, 3.63) is 43.7 Å². The van der Waals surface area contributed by atoms with E-state index in [2.05, 4.69) is 81.0 Å². The number of benzene rings is 1. The number of nitrogens with one attached hydrogen (secondary N) is 1. The molecule has 0 radical (unpaired) electrons. The minimum atomic E-state index is 0.0526. The average molecular weight is 464 g/mol. The minimum Gasteiger partial charge on any atom is -0.493 e. The van der Waals surface area contributed by atoms with Gasteiger partial charge < -0.3 is 10.1 Å². The SMILES string of the molecule is CCNC(c1cc(Br)ccc1I)c1c(OC)cnn1CC. The van der Waals surface area contributed by atoms with Crippen LogP contribution < -0.4 is 10.1 Å². The van der Waals surface area contributed by atoms with Crippen LogP contribution in [-0.2, 0) is 6.54 Å². The van der Waals surface area contributed by atoms with Crippen molar-refractivity contribution in [2.24, 2.45) is 0 Å². The molecule has 0 fully saturated rings. The van der Waals surface area contributed by atoms with E-state index >= 15 is 0 Å². The molecule has 1 aromatic carbocycles. The summed E-state index contributed by atoms with van der Waals surface area (Å²) in [5.74, 6) is 0.818. The van der Waals surface area contributed by atoms with Crippen LogP contribution in [0, 0.1) is 3.57 Å². The molecule has 2 rings (SSSR count). The van der Waals surface area contributed by atoms with Crippen LogP contribution in [0.3, 0.4) is 0 Å². The molecule has 6 heteroatoms. The average Bonchev–Trinajstić information content (AvgIpc) is 2.90. The summed E-state index contributed by atoms with van der Waals surface area (Å²) in [6.45, 7) is 5.87. The van der Waals surface area contributed by atoms with Crippen molar-refractivity contribution in [3.63, 3.8) is 0 Å². The maximum atomic E-state index is 5.51. The van der Waals surface area contributed by atoms with Crippen molar-refractivity contribution >= 4 is 38.5 Å². The Balaban J connectivity index is 2.58. The molecule has 0 bridgehead atoms. The van der Waals surface area contributed by atoms with Crippen LogP contribution in [0.2, 0.25) is 0 Å². The third-order valence-corrected chi connectivity index (χ3v) is 4.79. The first kappa shape index (κ1) is 16.8. The highest BCUT2D eigenvalue weighted by molar-refractivity contribution is 14.1. The first-order chi connectivity index (χ1) is 10.1. The Kier molecular flexibility index (Phi) is 6.07. The van der Waals surface area contributed by atoms with Crippen LogP contribution >= 0.6 is 38.5 Å². The van der Waals surface area contributed by atoms with Crippen LogP contribution in [0.5, 0.6) is 5.75 Å². The fourth-order valence-electron chi connectivity index (χ4n) is 2.37. The number of aromatic nitrogens is 2.